The quantitative estimate of drug-likeness (QED) is 0.656. The third-order valence-corrected chi connectivity index (χ3v) is 3.23. The minimum atomic E-state index is -0.0674. The van der Waals surface area contributed by atoms with Crippen molar-refractivity contribution in [3.63, 3.8) is 0 Å². The van der Waals surface area contributed by atoms with Crippen LogP contribution in [0.2, 0.25) is 5.22 Å². The van der Waals surface area contributed by atoms with Crippen LogP contribution in [-0.4, -0.2) is 5.78 Å². The van der Waals surface area contributed by atoms with Gasteiger partial charge in [-0.3, -0.25) is 4.79 Å². The van der Waals surface area contributed by atoms with Gasteiger partial charge in [0.25, 0.3) is 0 Å². The Balaban J connectivity index is 1.87. The number of carbonyl (C=O) groups is 1. The van der Waals surface area contributed by atoms with Gasteiger partial charge in [-0.25, -0.2) is 0 Å². The lowest BCUT2D eigenvalue weighted by Crippen LogP contribution is -2.01. The van der Waals surface area contributed by atoms with Crippen molar-refractivity contribution in [1.29, 1.82) is 0 Å². The summed E-state index contributed by atoms with van der Waals surface area (Å²) in [5.74, 6) is 0.236. The highest BCUT2D eigenvalue weighted by Crippen LogP contribution is 2.19. The molecule has 2 aromatic carbocycles. The number of carbonyl (C=O) groups excluding carboxylic acids is 1. The molecule has 1 heterocycles. The molecule has 1 aromatic heterocycles. The molecule has 0 saturated heterocycles. The predicted molar refractivity (Wildman–Crippen MR) is 75.7 cm³/mol. The summed E-state index contributed by atoms with van der Waals surface area (Å²) in [5, 5.41) is 2.53. The average molecular weight is 271 g/mol. The topological polar surface area (TPSA) is 30.2 Å². The first kappa shape index (κ1) is 12.0. The summed E-state index contributed by atoms with van der Waals surface area (Å²) < 4.78 is 5.12. The molecule has 0 N–H and O–H groups in total. The van der Waals surface area contributed by atoms with Crippen LogP contribution in [0.5, 0.6) is 0 Å². The standard InChI is InChI=1S/C16H11ClO2/c17-16-8-7-15(19-16)14(18)10-11-5-6-12-3-1-2-4-13(12)9-11/h1-9H,10H2. The Morgan fingerprint density at radius 1 is 1.00 bits per heavy atom. The first-order valence-electron chi connectivity index (χ1n) is 5.98. The van der Waals surface area contributed by atoms with Crippen molar-refractivity contribution < 1.29 is 9.21 Å². The Morgan fingerprint density at radius 3 is 2.53 bits per heavy atom. The molecule has 94 valence electrons. The molecule has 0 radical (unpaired) electrons. The van der Waals surface area contributed by atoms with Gasteiger partial charge in [0.15, 0.2) is 11.0 Å². The zero-order valence-electron chi connectivity index (χ0n) is 10.1. The number of rotatable bonds is 3. The third-order valence-electron chi connectivity index (χ3n) is 3.03. The highest BCUT2D eigenvalue weighted by molar-refractivity contribution is 6.29. The highest BCUT2D eigenvalue weighted by atomic mass is 35.5. The maximum atomic E-state index is 12.0. The molecule has 0 saturated carbocycles. The number of halogens is 1. The van der Waals surface area contributed by atoms with Crippen LogP contribution in [-0.2, 0) is 6.42 Å². The molecule has 0 unspecified atom stereocenters. The second-order valence-electron chi connectivity index (χ2n) is 4.39. The van der Waals surface area contributed by atoms with E-state index in [1.54, 1.807) is 12.1 Å². The Kier molecular flexibility index (Phi) is 3.10. The minimum absolute atomic E-state index is 0.0674. The zero-order chi connectivity index (χ0) is 13.2. The molecule has 3 rings (SSSR count). The first-order chi connectivity index (χ1) is 9.22. The van der Waals surface area contributed by atoms with E-state index >= 15 is 0 Å². The maximum absolute atomic E-state index is 12.0. The summed E-state index contributed by atoms with van der Waals surface area (Å²) in [6.07, 6.45) is 0.314. The second-order valence-corrected chi connectivity index (χ2v) is 4.76. The molecule has 0 atom stereocenters. The Labute approximate surface area is 115 Å². The van der Waals surface area contributed by atoms with E-state index in [0.29, 0.717) is 12.2 Å². The van der Waals surface area contributed by atoms with Gasteiger partial charge in [-0.2, -0.15) is 0 Å². The normalized spacial score (nSPS) is 10.8. The molecule has 0 aliphatic heterocycles. The molecule has 3 aromatic rings. The molecule has 0 spiro atoms. The van der Waals surface area contributed by atoms with Crippen LogP contribution in [0.15, 0.2) is 59.0 Å². The van der Waals surface area contributed by atoms with Crippen LogP contribution in [0.1, 0.15) is 16.1 Å². The van der Waals surface area contributed by atoms with E-state index in [1.807, 2.05) is 42.5 Å². The smallest absolute Gasteiger partial charge is 0.202 e. The van der Waals surface area contributed by atoms with Gasteiger partial charge in [0.2, 0.25) is 5.78 Å². The van der Waals surface area contributed by atoms with Gasteiger partial charge in [-0.05, 0) is 40.1 Å². The second kappa shape index (κ2) is 4.90. The molecule has 0 aliphatic carbocycles. The number of furan rings is 1. The molecule has 0 bridgehead atoms. The summed E-state index contributed by atoms with van der Waals surface area (Å²) in [4.78, 5) is 12.0. The molecule has 2 nitrogen and oxygen atoms in total. The van der Waals surface area contributed by atoms with Crippen LogP contribution in [0.3, 0.4) is 0 Å². The zero-order valence-corrected chi connectivity index (χ0v) is 10.9. The van der Waals surface area contributed by atoms with Gasteiger partial charge >= 0.3 is 0 Å². The number of hydrogen-bond donors (Lipinski definition) is 0. The number of fused-ring (bicyclic) bond motifs is 1. The molecule has 0 amide bonds. The fourth-order valence-corrected chi connectivity index (χ4v) is 2.23. The Bertz CT molecular complexity index is 743. The van der Waals surface area contributed by atoms with Gasteiger partial charge in [-0.15, -0.1) is 0 Å². The Hall–Kier alpha value is -2.06. The largest absolute Gasteiger partial charge is 0.442 e. The molecular weight excluding hydrogens is 260 g/mol. The van der Waals surface area contributed by atoms with Gasteiger partial charge in [0, 0.05) is 6.42 Å². The predicted octanol–water partition coefficient (Wildman–Crippen LogP) is 4.51. The summed E-state index contributed by atoms with van der Waals surface area (Å²) >= 11 is 5.67. The summed E-state index contributed by atoms with van der Waals surface area (Å²) in [6, 6.07) is 17.3. The van der Waals surface area contributed by atoms with E-state index in [4.69, 9.17) is 16.0 Å². The minimum Gasteiger partial charge on any atom is -0.442 e. The lowest BCUT2D eigenvalue weighted by molar-refractivity contribution is 0.0966. The molecule has 19 heavy (non-hydrogen) atoms. The summed E-state index contributed by atoms with van der Waals surface area (Å²) in [5.41, 5.74) is 0.969. The van der Waals surface area contributed by atoms with Crippen LogP contribution in [0.4, 0.5) is 0 Å². The lowest BCUT2D eigenvalue weighted by atomic mass is 10.0. The van der Waals surface area contributed by atoms with Crippen molar-refractivity contribution in [2.24, 2.45) is 0 Å². The average Bonchev–Trinajstić information content (AvgIpc) is 2.85. The number of hydrogen-bond acceptors (Lipinski definition) is 2. The third kappa shape index (κ3) is 2.54. The van der Waals surface area contributed by atoms with Crippen LogP contribution < -0.4 is 0 Å². The van der Waals surface area contributed by atoms with Gasteiger partial charge in [0.05, 0.1) is 0 Å². The van der Waals surface area contributed by atoms with Crippen LogP contribution in [0.25, 0.3) is 10.8 Å². The molecule has 3 heteroatoms. The molecule has 0 aliphatic rings. The van der Waals surface area contributed by atoms with Crippen molar-refractivity contribution >= 4 is 28.2 Å². The monoisotopic (exact) mass is 270 g/mol. The molecular formula is C16H11ClO2. The first-order valence-corrected chi connectivity index (χ1v) is 6.36. The van der Waals surface area contributed by atoms with E-state index in [1.165, 1.54) is 5.39 Å². The van der Waals surface area contributed by atoms with Gasteiger partial charge < -0.3 is 4.42 Å². The van der Waals surface area contributed by atoms with Gasteiger partial charge in [-0.1, -0.05) is 42.5 Å². The van der Waals surface area contributed by atoms with E-state index in [2.05, 4.69) is 0 Å². The summed E-state index contributed by atoms with van der Waals surface area (Å²) in [6.45, 7) is 0. The fraction of sp³-hybridized carbons (Fsp3) is 0.0625. The van der Waals surface area contributed by atoms with E-state index < -0.39 is 0 Å². The lowest BCUT2D eigenvalue weighted by Gasteiger charge is -2.02. The fourth-order valence-electron chi connectivity index (χ4n) is 2.09. The van der Waals surface area contributed by atoms with E-state index in [0.717, 1.165) is 10.9 Å². The maximum Gasteiger partial charge on any atom is 0.202 e. The molecule has 0 fully saturated rings. The SMILES string of the molecule is O=C(Cc1ccc2ccccc2c1)c1ccc(Cl)o1. The van der Waals surface area contributed by atoms with Crippen molar-refractivity contribution in [2.45, 2.75) is 6.42 Å². The number of benzene rings is 2. The van der Waals surface area contributed by atoms with E-state index in [9.17, 15) is 4.79 Å². The summed E-state index contributed by atoms with van der Waals surface area (Å²) in [7, 11) is 0. The van der Waals surface area contributed by atoms with Crippen LogP contribution in [0, 0.1) is 0 Å². The number of Topliss-reactive ketones (excluding diaryl/α,β-unsaturated/α-hetero) is 1. The van der Waals surface area contributed by atoms with Gasteiger partial charge in [0.1, 0.15) is 0 Å². The van der Waals surface area contributed by atoms with Crippen molar-refractivity contribution in [2.75, 3.05) is 0 Å². The van der Waals surface area contributed by atoms with Crippen molar-refractivity contribution in [3.8, 4) is 0 Å². The van der Waals surface area contributed by atoms with Crippen molar-refractivity contribution in [1.82, 2.24) is 0 Å². The number of ketones is 1. The highest BCUT2D eigenvalue weighted by Gasteiger charge is 2.11. The Morgan fingerprint density at radius 2 is 1.79 bits per heavy atom. The van der Waals surface area contributed by atoms with Crippen molar-refractivity contribution in [3.05, 3.63) is 71.1 Å². The van der Waals surface area contributed by atoms with E-state index in [-0.39, 0.29) is 11.0 Å². The van der Waals surface area contributed by atoms with Crippen LogP contribution >= 0.6 is 11.6 Å².